The molecule has 2 N–H and O–H groups in total. The fraction of sp³-hybridized carbons (Fsp3) is 0.438. The third-order valence-electron chi connectivity index (χ3n) is 4.01. The third kappa shape index (κ3) is 3.40. The number of carboxylic acid groups (broad SMARTS) is 1. The first-order valence-electron chi connectivity index (χ1n) is 7.09. The molecule has 1 saturated carbocycles. The number of benzene rings is 1. The van der Waals surface area contributed by atoms with Crippen LogP contribution in [0.4, 0.5) is 0 Å². The Morgan fingerprint density at radius 3 is 2.38 bits per heavy atom. The molecule has 0 unspecified atom stereocenters. The van der Waals surface area contributed by atoms with Gasteiger partial charge in [-0.25, -0.2) is 4.79 Å². The van der Waals surface area contributed by atoms with E-state index in [-0.39, 0.29) is 11.5 Å². The van der Waals surface area contributed by atoms with Crippen LogP contribution in [0.25, 0.3) is 0 Å². The van der Waals surface area contributed by atoms with Gasteiger partial charge in [0.25, 0.3) is 0 Å². The van der Waals surface area contributed by atoms with E-state index in [0.29, 0.717) is 25.8 Å². The summed E-state index contributed by atoms with van der Waals surface area (Å²) < 4.78 is 0. The lowest BCUT2D eigenvalue weighted by atomic mass is 9.87. The van der Waals surface area contributed by atoms with Gasteiger partial charge in [0.1, 0.15) is 5.41 Å². The first-order valence-corrected chi connectivity index (χ1v) is 7.09. The maximum Gasteiger partial charge on any atom is 0.335 e. The topological polar surface area (TPSA) is 90.2 Å². The van der Waals surface area contributed by atoms with E-state index in [1.807, 2.05) is 0 Å². The third-order valence-corrected chi connectivity index (χ3v) is 4.01. The quantitative estimate of drug-likeness (QED) is 0.867. The second kappa shape index (κ2) is 6.40. The molecule has 0 bridgehead atoms. The molecule has 0 atom stereocenters. The smallest absolute Gasteiger partial charge is 0.335 e. The van der Waals surface area contributed by atoms with Crippen molar-refractivity contribution >= 4 is 11.9 Å². The highest BCUT2D eigenvalue weighted by Crippen LogP contribution is 2.37. The molecule has 110 valence electrons. The second-order valence-corrected chi connectivity index (χ2v) is 5.41. The second-order valence-electron chi connectivity index (χ2n) is 5.41. The molecule has 0 heterocycles. The van der Waals surface area contributed by atoms with Crippen LogP contribution in [0.3, 0.4) is 0 Å². The summed E-state index contributed by atoms with van der Waals surface area (Å²) in [6, 6.07) is 8.75. The fourth-order valence-corrected chi connectivity index (χ4v) is 2.67. The predicted octanol–water partition coefficient (Wildman–Crippen LogP) is 2.13. The summed E-state index contributed by atoms with van der Waals surface area (Å²) >= 11 is 0. The van der Waals surface area contributed by atoms with Gasteiger partial charge in [0, 0.05) is 6.54 Å². The van der Waals surface area contributed by atoms with Crippen molar-refractivity contribution in [2.75, 3.05) is 6.54 Å². The van der Waals surface area contributed by atoms with E-state index in [0.717, 1.165) is 18.4 Å². The molecular formula is C16H18N2O3. The maximum atomic E-state index is 12.1. The van der Waals surface area contributed by atoms with E-state index in [2.05, 4.69) is 11.4 Å². The molecule has 1 aromatic rings. The highest BCUT2D eigenvalue weighted by molar-refractivity contribution is 5.87. The molecule has 1 fully saturated rings. The van der Waals surface area contributed by atoms with Gasteiger partial charge in [0.15, 0.2) is 0 Å². The van der Waals surface area contributed by atoms with Gasteiger partial charge in [0.05, 0.1) is 11.6 Å². The molecule has 1 amide bonds. The number of nitrogens with zero attached hydrogens (tertiary/aromatic N) is 1. The molecule has 21 heavy (non-hydrogen) atoms. The number of nitriles is 1. The number of nitrogens with one attached hydrogen (secondary N) is 1. The summed E-state index contributed by atoms with van der Waals surface area (Å²) in [6.07, 6.45) is 3.76. The largest absolute Gasteiger partial charge is 0.478 e. The lowest BCUT2D eigenvalue weighted by molar-refractivity contribution is -0.127. The SMILES string of the molecule is N#CC1(C(=O)NCCc2ccc(C(=O)O)cc2)CCCC1. The van der Waals surface area contributed by atoms with E-state index < -0.39 is 11.4 Å². The molecule has 5 heteroatoms. The van der Waals surface area contributed by atoms with Crippen molar-refractivity contribution in [2.45, 2.75) is 32.1 Å². The zero-order chi connectivity index (χ0) is 15.3. The first-order chi connectivity index (χ1) is 10.1. The highest BCUT2D eigenvalue weighted by atomic mass is 16.4. The minimum atomic E-state index is -0.952. The Balaban J connectivity index is 1.85. The zero-order valence-corrected chi connectivity index (χ0v) is 11.8. The maximum absolute atomic E-state index is 12.1. The van der Waals surface area contributed by atoms with E-state index in [1.165, 1.54) is 0 Å². The zero-order valence-electron chi connectivity index (χ0n) is 11.8. The van der Waals surface area contributed by atoms with Crippen LogP contribution in [0.15, 0.2) is 24.3 Å². The molecule has 0 saturated heterocycles. The molecule has 0 aromatic heterocycles. The lowest BCUT2D eigenvalue weighted by Gasteiger charge is -2.19. The number of hydrogen-bond donors (Lipinski definition) is 2. The van der Waals surface area contributed by atoms with Gasteiger partial charge < -0.3 is 10.4 Å². The number of amides is 1. The van der Waals surface area contributed by atoms with E-state index in [9.17, 15) is 14.9 Å². The molecule has 5 nitrogen and oxygen atoms in total. The summed E-state index contributed by atoms with van der Waals surface area (Å²) in [5.41, 5.74) is 0.364. The van der Waals surface area contributed by atoms with Crippen molar-refractivity contribution in [3.05, 3.63) is 35.4 Å². The van der Waals surface area contributed by atoms with Gasteiger partial charge >= 0.3 is 5.97 Å². The highest BCUT2D eigenvalue weighted by Gasteiger charge is 2.41. The Morgan fingerprint density at radius 2 is 1.86 bits per heavy atom. The fourth-order valence-electron chi connectivity index (χ4n) is 2.67. The van der Waals surface area contributed by atoms with E-state index in [1.54, 1.807) is 24.3 Å². The van der Waals surface area contributed by atoms with Crippen molar-refractivity contribution in [1.29, 1.82) is 5.26 Å². The van der Waals surface area contributed by atoms with Gasteiger partial charge in [-0.15, -0.1) is 0 Å². The van der Waals surface area contributed by atoms with Crippen LogP contribution in [0, 0.1) is 16.7 Å². The number of rotatable bonds is 5. The van der Waals surface area contributed by atoms with Crippen LogP contribution in [0.2, 0.25) is 0 Å². The van der Waals surface area contributed by atoms with Crippen molar-refractivity contribution in [3.63, 3.8) is 0 Å². The van der Waals surface area contributed by atoms with Crippen LogP contribution >= 0.6 is 0 Å². The number of carbonyl (C=O) groups is 2. The Labute approximate surface area is 123 Å². The Kier molecular flexibility index (Phi) is 4.59. The summed E-state index contributed by atoms with van der Waals surface area (Å²) in [4.78, 5) is 22.9. The Morgan fingerprint density at radius 1 is 1.24 bits per heavy atom. The molecular weight excluding hydrogens is 268 g/mol. The van der Waals surface area contributed by atoms with Crippen LogP contribution in [0.5, 0.6) is 0 Å². The van der Waals surface area contributed by atoms with Crippen molar-refractivity contribution in [2.24, 2.45) is 5.41 Å². The predicted molar refractivity (Wildman–Crippen MR) is 76.6 cm³/mol. The molecule has 1 aromatic carbocycles. The number of carbonyl (C=O) groups excluding carboxylic acids is 1. The van der Waals surface area contributed by atoms with Crippen molar-refractivity contribution in [1.82, 2.24) is 5.32 Å². The van der Waals surface area contributed by atoms with Gasteiger partial charge in [-0.2, -0.15) is 5.26 Å². The normalized spacial score (nSPS) is 16.1. The summed E-state index contributed by atoms with van der Waals surface area (Å²) in [6.45, 7) is 0.453. The van der Waals surface area contributed by atoms with E-state index in [4.69, 9.17) is 5.11 Å². The summed E-state index contributed by atoms with van der Waals surface area (Å²) in [5, 5.41) is 20.9. The molecule has 1 aliphatic carbocycles. The molecule has 0 spiro atoms. The van der Waals surface area contributed by atoms with Crippen molar-refractivity contribution in [3.8, 4) is 6.07 Å². The van der Waals surface area contributed by atoms with Crippen LogP contribution < -0.4 is 5.32 Å². The Bertz CT molecular complexity index is 566. The molecule has 2 rings (SSSR count). The van der Waals surface area contributed by atoms with Gasteiger partial charge in [-0.1, -0.05) is 25.0 Å². The first kappa shape index (κ1) is 15.0. The number of hydrogen-bond acceptors (Lipinski definition) is 3. The lowest BCUT2D eigenvalue weighted by Crippen LogP contribution is -2.39. The van der Waals surface area contributed by atoms with Crippen LogP contribution in [-0.4, -0.2) is 23.5 Å². The molecule has 0 aliphatic heterocycles. The van der Waals surface area contributed by atoms with Gasteiger partial charge in [-0.05, 0) is 37.0 Å². The average Bonchev–Trinajstić information content (AvgIpc) is 2.98. The number of aromatic carboxylic acids is 1. The monoisotopic (exact) mass is 286 g/mol. The van der Waals surface area contributed by atoms with Crippen molar-refractivity contribution < 1.29 is 14.7 Å². The Hall–Kier alpha value is -2.35. The van der Waals surface area contributed by atoms with Crippen LogP contribution in [0.1, 0.15) is 41.6 Å². The standard InChI is InChI=1S/C16H18N2O3/c17-11-16(8-1-2-9-16)15(21)18-10-7-12-3-5-13(6-4-12)14(19)20/h3-6H,1-2,7-10H2,(H,18,21)(H,19,20). The number of carboxylic acids is 1. The average molecular weight is 286 g/mol. The van der Waals surface area contributed by atoms with Crippen LogP contribution in [-0.2, 0) is 11.2 Å². The summed E-state index contributed by atoms with van der Waals surface area (Å²) in [5.74, 6) is -1.13. The minimum absolute atomic E-state index is 0.176. The minimum Gasteiger partial charge on any atom is -0.478 e. The van der Waals surface area contributed by atoms with E-state index >= 15 is 0 Å². The van der Waals surface area contributed by atoms with Gasteiger partial charge in [-0.3, -0.25) is 4.79 Å². The van der Waals surface area contributed by atoms with Gasteiger partial charge in [0.2, 0.25) is 5.91 Å². The molecule has 1 aliphatic rings. The summed E-state index contributed by atoms with van der Waals surface area (Å²) in [7, 11) is 0. The molecule has 0 radical (unpaired) electrons.